The van der Waals surface area contributed by atoms with Crippen molar-refractivity contribution < 1.29 is 0 Å². The maximum atomic E-state index is 5.56. The molecule has 0 saturated carbocycles. The molecular weight excluding hydrogens is 197 g/mol. The lowest BCUT2D eigenvalue weighted by atomic mass is 10.2. The minimum absolute atomic E-state index is 0. The molecule has 0 aromatic carbocycles. The van der Waals surface area contributed by atoms with Crippen LogP contribution in [0.25, 0.3) is 0 Å². The number of hydrogen-bond acceptors (Lipinski definition) is 3. The second-order valence-corrected chi connectivity index (χ2v) is 2.30. The molecule has 70 valence electrons. The van der Waals surface area contributed by atoms with Crippen molar-refractivity contribution in [1.82, 2.24) is 4.98 Å². The molecule has 1 heterocycles. The second kappa shape index (κ2) is 6.06. The Morgan fingerprint density at radius 1 is 1.42 bits per heavy atom. The number of rotatable bonds is 1. The monoisotopic (exact) mass is 209 g/mol. The summed E-state index contributed by atoms with van der Waals surface area (Å²) in [6.45, 7) is 1.88. The first-order chi connectivity index (χ1) is 4.70. The molecule has 1 unspecified atom stereocenters. The molecule has 0 aliphatic heterocycles. The molecule has 12 heavy (non-hydrogen) atoms. The molecule has 0 saturated heterocycles. The minimum Gasteiger partial charge on any atom is -0.399 e. The van der Waals surface area contributed by atoms with Gasteiger partial charge in [-0.25, -0.2) is 0 Å². The number of anilines is 1. The molecule has 4 N–H and O–H groups in total. The summed E-state index contributed by atoms with van der Waals surface area (Å²) in [5, 5.41) is 0. The average Bonchev–Trinajstić information content (AvgIpc) is 1.88. The maximum Gasteiger partial charge on any atom is 0.0588 e. The van der Waals surface area contributed by atoms with Gasteiger partial charge in [0, 0.05) is 17.9 Å². The van der Waals surface area contributed by atoms with Crippen molar-refractivity contribution in [2.45, 2.75) is 13.0 Å². The lowest BCUT2D eigenvalue weighted by Crippen LogP contribution is -2.07. The Labute approximate surface area is 84.4 Å². The van der Waals surface area contributed by atoms with E-state index in [2.05, 4.69) is 4.98 Å². The van der Waals surface area contributed by atoms with Crippen molar-refractivity contribution in [3.8, 4) is 0 Å². The van der Waals surface area contributed by atoms with Crippen LogP contribution in [0.2, 0.25) is 0 Å². The maximum absolute atomic E-state index is 5.56. The van der Waals surface area contributed by atoms with Crippen molar-refractivity contribution >= 4 is 30.5 Å². The van der Waals surface area contributed by atoms with Crippen LogP contribution in [0, 0.1) is 0 Å². The smallest absolute Gasteiger partial charge is 0.0588 e. The van der Waals surface area contributed by atoms with Crippen LogP contribution in [0.5, 0.6) is 0 Å². The number of nitrogen functional groups attached to an aromatic ring is 1. The fraction of sp³-hybridized carbons (Fsp3) is 0.286. The van der Waals surface area contributed by atoms with Crippen LogP contribution in [-0.2, 0) is 0 Å². The zero-order valence-corrected chi connectivity index (χ0v) is 8.36. The molecule has 1 rings (SSSR count). The van der Waals surface area contributed by atoms with Gasteiger partial charge in [-0.3, -0.25) is 4.98 Å². The number of halogens is 2. The predicted molar refractivity (Wildman–Crippen MR) is 55.7 cm³/mol. The van der Waals surface area contributed by atoms with E-state index < -0.39 is 0 Å². The summed E-state index contributed by atoms with van der Waals surface area (Å²) in [5.74, 6) is 0. The number of hydrogen-bond donors (Lipinski definition) is 2. The third-order valence-electron chi connectivity index (χ3n) is 1.27. The van der Waals surface area contributed by atoms with Gasteiger partial charge in [0.1, 0.15) is 0 Å². The van der Waals surface area contributed by atoms with E-state index in [1.807, 2.05) is 6.92 Å². The Bertz CT molecular complexity index is 228. The Kier molecular flexibility index (Phi) is 7.09. The van der Waals surface area contributed by atoms with Crippen molar-refractivity contribution in [2.24, 2.45) is 5.73 Å². The molecule has 3 nitrogen and oxygen atoms in total. The van der Waals surface area contributed by atoms with Gasteiger partial charge in [-0.1, -0.05) is 0 Å². The molecule has 1 aromatic heterocycles. The van der Waals surface area contributed by atoms with E-state index in [1.54, 1.807) is 18.3 Å². The lowest BCUT2D eigenvalue weighted by molar-refractivity contribution is 0.782. The van der Waals surface area contributed by atoms with E-state index in [0.29, 0.717) is 5.69 Å². The topological polar surface area (TPSA) is 64.9 Å². The Morgan fingerprint density at radius 3 is 2.33 bits per heavy atom. The van der Waals surface area contributed by atoms with E-state index in [1.165, 1.54) is 0 Å². The van der Waals surface area contributed by atoms with Crippen molar-refractivity contribution in [3.63, 3.8) is 0 Å². The predicted octanol–water partition coefficient (Wildman–Crippen LogP) is 1.53. The zero-order valence-electron chi connectivity index (χ0n) is 6.73. The van der Waals surface area contributed by atoms with Gasteiger partial charge in [0.25, 0.3) is 0 Å². The summed E-state index contributed by atoms with van der Waals surface area (Å²) < 4.78 is 0. The Hall–Kier alpha value is -0.510. The number of nitrogens with two attached hydrogens (primary N) is 2. The summed E-state index contributed by atoms with van der Waals surface area (Å²) in [4.78, 5) is 4.03. The highest BCUT2D eigenvalue weighted by atomic mass is 35.5. The largest absolute Gasteiger partial charge is 0.399 e. The fourth-order valence-corrected chi connectivity index (χ4v) is 0.715. The van der Waals surface area contributed by atoms with E-state index >= 15 is 0 Å². The highest BCUT2D eigenvalue weighted by Gasteiger charge is 1.98. The summed E-state index contributed by atoms with van der Waals surface area (Å²) >= 11 is 0. The standard InChI is InChI=1S/C7H11N3.2ClH/c1-5(8)7-4-6(9)2-3-10-7;;/h2-5H,8H2,1H3,(H2,9,10);2*1H. The second-order valence-electron chi connectivity index (χ2n) is 2.30. The molecule has 0 spiro atoms. The van der Waals surface area contributed by atoms with Crippen LogP contribution < -0.4 is 11.5 Å². The van der Waals surface area contributed by atoms with Crippen LogP contribution in [-0.4, -0.2) is 4.98 Å². The molecule has 0 bridgehead atoms. The van der Waals surface area contributed by atoms with E-state index in [4.69, 9.17) is 11.5 Å². The average molecular weight is 210 g/mol. The Morgan fingerprint density at radius 2 is 2.00 bits per heavy atom. The molecule has 0 aliphatic rings. The van der Waals surface area contributed by atoms with Gasteiger partial charge in [-0.15, -0.1) is 24.8 Å². The van der Waals surface area contributed by atoms with Crippen LogP contribution in [0.1, 0.15) is 18.7 Å². The number of nitrogens with zero attached hydrogens (tertiary/aromatic N) is 1. The minimum atomic E-state index is -0.0384. The lowest BCUT2D eigenvalue weighted by Gasteiger charge is -2.03. The van der Waals surface area contributed by atoms with Crippen LogP contribution in [0.4, 0.5) is 5.69 Å². The van der Waals surface area contributed by atoms with Gasteiger partial charge < -0.3 is 11.5 Å². The van der Waals surface area contributed by atoms with Gasteiger partial charge in [0.2, 0.25) is 0 Å². The molecule has 0 radical (unpaired) electrons. The van der Waals surface area contributed by atoms with E-state index in [-0.39, 0.29) is 30.9 Å². The van der Waals surface area contributed by atoms with Gasteiger partial charge >= 0.3 is 0 Å². The molecule has 1 aromatic rings. The van der Waals surface area contributed by atoms with Crippen molar-refractivity contribution in [1.29, 1.82) is 0 Å². The van der Waals surface area contributed by atoms with Crippen LogP contribution in [0.3, 0.4) is 0 Å². The quantitative estimate of drug-likeness (QED) is 0.738. The van der Waals surface area contributed by atoms with Gasteiger partial charge in [0.15, 0.2) is 0 Å². The highest BCUT2D eigenvalue weighted by Crippen LogP contribution is 2.08. The summed E-state index contributed by atoms with van der Waals surface area (Å²) in [6.07, 6.45) is 1.66. The first-order valence-electron chi connectivity index (χ1n) is 3.17. The fourth-order valence-electron chi connectivity index (χ4n) is 0.715. The first kappa shape index (κ1) is 14.0. The van der Waals surface area contributed by atoms with Gasteiger partial charge in [-0.05, 0) is 19.1 Å². The third kappa shape index (κ3) is 3.76. The summed E-state index contributed by atoms with van der Waals surface area (Å²) in [6, 6.07) is 3.49. The van der Waals surface area contributed by atoms with E-state index in [0.717, 1.165) is 5.69 Å². The number of aromatic nitrogens is 1. The molecule has 5 heteroatoms. The summed E-state index contributed by atoms with van der Waals surface area (Å²) in [7, 11) is 0. The van der Waals surface area contributed by atoms with Crippen molar-refractivity contribution in [3.05, 3.63) is 24.0 Å². The highest BCUT2D eigenvalue weighted by molar-refractivity contribution is 5.85. The number of pyridine rings is 1. The zero-order chi connectivity index (χ0) is 7.56. The normalized spacial score (nSPS) is 10.8. The van der Waals surface area contributed by atoms with Gasteiger partial charge in [0.05, 0.1) is 5.69 Å². The van der Waals surface area contributed by atoms with Gasteiger partial charge in [-0.2, -0.15) is 0 Å². The third-order valence-corrected chi connectivity index (χ3v) is 1.27. The molecular formula is C7H13Cl2N3. The first-order valence-corrected chi connectivity index (χ1v) is 3.17. The molecule has 1 atom stereocenters. The summed E-state index contributed by atoms with van der Waals surface area (Å²) in [5.41, 5.74) is 12.6. The van der Waals surface area contributed by atoms with E-state index in [9.17, 15) is 0 Å². The molecule has 0 amide bonds. The molecule has 0 aliphatic carbocycles. The van der Waals surface area contributed by atoms with Crippen molar-refractivity contribution in [2.75, 3.05) is 5.73 Å². The van der Waals surface area contributed by atoms with Crippen LogP contribution in [0.15, 0.2) is 18.3 Å². The van der Waals surface area contributed by atoms with Crippen LogP contribution >= 0.6 is 24.8 Å². The molecule has 0 fully saturated rings. The SMILES string of the molecule is CC(N)c1cc(N)ccn1.Cl.Cl. The Balaban J connectivity index is 0.